The lowest BCUT2D eigenvalue weighted by atomic mass is 10.1. The Morgan fingerprint density at radius 1 is 1.47 bits per heavy atom. The van der Waals surface area contributed by atoms with Gasteiger partial charge in [-0.2, -0.15) is 0 Å². The number of halogens is 1. The molecule has 17 heavy (non-hydrogen) atoms. The van der Waals surface area contributed by atoms with Gasteiger partial charge in [0.2, 0.25) is 0 Å². The zero-order valence-corrected chi connectivity index (χ0v) is 11.4. The molecule has 0 radical (unpaired) electrons. The maximum absolute atomic E-state index is 14.0. The number of nitrogens with zero attached hydrogens (tertiary/aromatic N) is 1. The Labute approximate surface area is 108 Å². The highest BCUT2D eigenvalue weighted by Crippen LogP contribution is 2.23. The summed E-state index contributed by atoms with van der Waals surface area (Å²) in [7, 11) is 0. The van der Waals surface area contributed by atoms with Crippen LogP contribution < -0.4 is 10.6 Å². The van der Waals surface area contributed by atoms with E-state index in [4.69, 9.17) is 18.0 Å². The smallest absolute Gasteiger partial charge is 0.147 e. The Balaban J connectivity index is 3.09. The highest BCUT2D eigenvalue weighted by molar-refractivity contribution is 7.80. The fraction of sp³-hybridized carbons (Fsp3) is 0.462. The molecular weight excluding hydrogens is 235 g/mol. The van der Waals surface area contributed by atoms with Gasteiger partial charge in [0, 0.05) is 18.2 Å². The number of rotatable bonds is 5. The summed E-state index contributed by atoms with van der Waals surface area (Å²) in [6.07, 6.45) is 0.977. The standard InChI is InChI=1S/C13H19FN2S/c1-4-9(3)16(5-2)12-7-6-10(13(15)17)8-11(12)14/h6-9H,4-5H2,1-3H3,(H2,15,17). The zero-order valence-electron chi connectivity index (χ0n) is 10.5. The van der Waals surface area contributed by atoms with Crippen molar-refractivity contribution in [2.45, 2.75) is 33.2 Å². The van der Waals surface area contributed by atoms with Crippen molar-refractivity contribution >= 4 is 22.9 Å². The highest BCUT2D eigenvalue weighted by atomic mass is 32.1. The van der Waals surface area contributed by atoms with E-state index in [0.29, 0.717) is 17.3 Å². The summed E-state index contributed by atoms with van der Waals surface area (Å²) in [6, 6.07) is 5.23. The number of nitrogens with two attached hydrogens (primary N) is 1. The van der Waals surface area contributed by atoms with Crippen molar-refractivity contribution in [1.82, 2.24) is 0 Å². The van der Waals surface area contributed by atoms with Gasteiger partial charge < -0.3 is 10.6 Å². The van der Waals surface area contributed by atoms with Crippen molar-refractivity contribution in [3.8, 4) is 0 Å². The summed E-state index contributed by atoms with van der Waals surface area (Å²) in [6.45, 7) is 6.98. The highest BCUT2D eigenvalue weighted by Gasteiger charge is 2.15. The Morgan fingerprint density at radius 3 is 2.53 bits per heavy atom. The first-order valence-corrected chi connectivity index (χ1v) is 6.28. The van der Waals surface area contributed by atoms with Gasteiger partial charge in [0.1, 0.15) is 10.8 Å². The third kappa shape index (κ3) is 3.16. The second kappa shape index (κ2) is 5.96. The molecule has 0 aliphatic rings. The number of hydrogen-bond donors (Lipinski definition) is 1. The normalized spacial score (nSPS) is 12.2. The maximum Gasteiger partial charge on any atom is 0.147 e. The third-order valence-electron chi connectivity index (χ3n) is 3.01. The van der Waals surface area contributed by atoms with Crippen LogP contribution in [-0.4, -0.2) is 17.6 Å². The molecule has 0 aliphatic heterocycles. The summed E-state index contributed by atoms with van der Waals surface area (Å²) in [5, 5.41) is 0. The van der Waals surface area contributed by atoms with Crippen molar-refractivity contribution in [1.29, 1.82) is 0 Å². The molecule has 0 saturated carbocycles. The van der Waals surface area contributed by atoms with Crippen molar-refractivity contribution in [3.63, 3.8) is 0 Å². The second-order valence-electron chi connectivity index (χ2n) is 4.07. The molecule has 0 aliphatic carbocycles. The van der Waals surface area contributed by atoms with Crippen molar-refractivity contribution in [3.05, 3.63) is 29.6 Å². The topological polar surface area (TPSA) is 29.3 Å². The minimum Gasteiger partial charge on any atom is -0.389 e. The molecule has 0 heterocycles. The Bertz CT molecular complexity index is 406. The van der Waals surface area contributed by atoms with Crippen molar-refractivity contribution < 1.29 is 4.39 Å². The molecule has 0 fully saturated rings. The predicted molar refractivity (Wildman–Crippen MR) is 75.1 cm³/mol. The summed E-state index contributed by atoms with van der Waals surface area (Å²) in [5.41, 5.74) is 6.66. The number of benzene rings is 1. The lowest BCUT2D eigenvalue weighted by Gasteiger charge is -2.30. The number of anilines is 1. The Morgan fingerprint density at radius 2 is 2.12 bits per heavy atom. The van der Waals surface area contributed by atoms with Crippen molar-refractivity contribution in [2.75, 3.05) is 11.4 Å². The first kappa shape index (κ1) is 13.9. The minimum absolute atomic E-state index is 0.224. The van der Waals surface area contributed by atoms with Crippen LogP contribution in [0.2, 0.25) is 0 Å². The maximum atomic E-state index is 14.0. The Hall–Kier alpha value is -1.16. The van der Waals surface area contributed by atoms with Gasteiger partial charge in [0.15, 0.2) is 0 Å². The van der Waals surface area contributed by atoms with E-state index in [1.807, 2.05) is 11.8 Å². The van der Waals surface area contributed by atoms with E-state index < -0.39 is 0 Å². The molecule has 1 atom stereocenters. The van der Waals surface area contributed by atoms with Crippen LogP contribution in [0.4, 0.5) is 10.1 Å². The van der Waals surface area contributed by atoms with Crippen LogP contribution in [0, 0.1) is 5.82 Å². The quantitative estimate of drug-likeness (QED) is 0.819. The van der Waals surface area contributed by atoms with Crippen LogP contribution in [0.1, 0.15) is 32.8 Å². The first-order valence-electron chi connectivity index (χ1n) is 5.87. The monoisotopic (exact) mass is 254 g/mol. The largest absolute Gasteiger partial charge is 0.389 e. The predicted octanol–water partition coefficient (Wildman–Crippen LogP) is 3.08. The van der Waals surface area contributed by atoms with Crippen molar-refractivity contribution in [2.24, 2.45) is 5.73 Å². The summed E-state index contributed by atoms with van der Waals surface area (Å²) < 4.78 is 14.0. The van der Waals surface area contributed by atoms with Gasteiger partial charge in [-0.15, -0.1) is 0 Å². The van der Waals surface area contributed by atoms with Gasteiger partial charge in [-0.3, -0.25) is 0 Å². The van der Waals surface area contributed by atoms with E-state index in [2.05, 4.69) is 13.8 Å². The van der Waals surface area contributed by atoms with Crippen LogP contribution in [0.5, 0.6) is 0 Å². The van der Waals surface area contributed by atoms with E-state index in [9.17, 15) is 4.39 Å². The lowest BCUT2D eigenvalue weighted by molar-refractivity contribution is 0.583. The van der Waals surface area contributed by atoms with E-state index in [-0.39, 0.29) is 10.8 Å². The van der Waals surface area contributed by atoms with Crippen LogP contribution in [0.3, 0.4) is 0 Å². The average molecular weight is 254 g/mol. The number of thiocarbonyl (C=S) groups is 1. The summed E-state index contributed by atoms with van der Waals surface area (Å²) >= 11 is 4.83. The molecule has 0 saturated heterocycles. The van der Waals surface area contributed by atoms with E-state index >= 15 is 0 Å². The van der Waals surface area contributed by atoms with Crippen LogP contribution in [0.25, 0.3) is 0 Å². The summed E-state index contributed by atoms with van der Waals surface area (Å²) in [5.74, 6) is -0.266. The molecule has 1 rings (SSSR count). The number of hydrogen-bond acceptors (Lipinski definition) is 2. The molecule has 2 N–H and O–H groups in total. The minimum atomic E-state index is -0.266. The summed E-state index contributed by atoms with van der Waals surface area (Å²) in [4.78, 5) is 2.26. The molecule has 0 spiro atoms. The molecule has 2 nitrogen and oxygen atoms in total. The lowest BCUT2D eigenvalue weighted by Crippen LogP contribution is -2.33. The van der Waals surface area contributed by atoms with Gasteiger partial charge in [-0.05, 0) is 38.5 Å². The molecular formula is C13H19FN2S. The molecule has 4 heteroatoms. The van der Waals surface area contributed by atoms with Gasteiger partial charge >= 0.3 is 0 Å². The second-order valence-corrected chi connectivity index (χ2v) is 4.51. The average Bonchev–Trinajstić information content (AvgIpc) is 2.31. The molecule has 0 bridgehead atoms. The van der Waals surface area contributed by atoms with Gasteiger partial charge in [0.25, 0.3) is 0 Å². The Kier molecular flexibility index (Phi) is 4.87. The SMILES string of the molecule is CCC(C)N(CC)c1ccc(C(N)=S)cc1F. The molecule has 94 valence electrons. The van der Waals surface area contributed by atoms with Gasteiger partial charge in [-0.1, -0.05) is 19.1 Å². The first-order chi connectivity index (χ1) is 8.01. The van der Waals surface area contributed by atoms with E-state index in [1.54, 1.807) is 12.1 Å². The van der Waals surface area contributed by atoms with Gasteiger partial charge in [0.05, 0.1) is 5.69 Å². The van der Waals surface area contributed by atoms with Crippen LogP contribution >= 0.6 is 12.2 Å². The van der Waals surface area contributed by atoms with E-state index in [0.717, 1.165) is 13.0 Å². The molecule has 0 aromatic heterocycles. The van der Waals surface area contributed by atoms with Crippen LogP contribution in [0.15, 0.2) is 18.2 Å². The third-order valence-corrected chi connectivity index (χ3v) is 3.24. The molecule has 0 amide bonds. The van der Waals surface area contributed by atoms with E-state index in [1.165, 1.54) is 6.07 Å². The van der Waals surface area contributed by atoms with Gasteiger partial charge in [-0.25, -0.2) is 4.39 Å². The fourth-order valence-corrected chi connectivity index (χ4v) is 1.96. The zero-order chi connectivity index (χ0) is 13.0. The molecule has 1 aromatic carbocycles. The molecule has 1 unspecified atom stereocenters. The fourth-order valence-electron chi connectivity index (χ4n) is 1.83. The van der Waals surface area contributed by atoms with Crippen LogP contribution in [-0.2, 0) is 0 Å². The molecule has 1 aromatic rings.